The van der Waals surface area contributed by atoms with Crippen LogP contribution in [0, 0.1) is 19.3 Å². The summed E-state index contributed by atoms with van der Waals surface area (Å²) < 4.78 is 0. The highest BCUT2D eigenvalue weighted by Gasteiger charge is 2.11. The molecule has 0 amide bonds. The average molecular weight is 363 g/mol. The van der Waals surface area contributed by atoms with Crippen molar-refractivity contribution in [1.29, 1.82) is 0 Å². The Morgan fingerprint density at radius 1 is 1.15 bits per heavy atom. The Kier molecular flexibility index (Phi) is 5.73. The van der Waals surface area contributed by atoms with Crippen molar-refractivity contribution in [2.45, 2.75) is 6.92 Å². The predicted octanol–water partition coefficient (Wildman–Crippen LogP) is 4.41. The number of aromatic nitrogens is 2. The first kappa shape index (κ1) is 17.8. The third kappa shape index (κ3) is 4.14. The van der Waals surface area contributed by atoms with E-state index in [0.29, 0.717) is 17.4 Å². The molecule has 2 aromatic carbocycles. The number of fused-ring (bicyclic) bond motifs is 1. The van der Waals surface area contributed by atoms with Crippen LogP contribution in [-0.2, 0) is 0 Å². The van der Waals surface area contributed by atoms with E-state index >= 15 is 0 Å². The van der Waals surface area contributed by atoms with Crippen LogP contribution in [0.1, 0.15) is 5.56 Å². The van der Waals surface area contributed by atoms with Gasteiger partial charge in [0.25, 0.3) is 0 Å². The molecule has 0 unspecified atom stereocenters. The van der Waals surface area contributed by atoms with Crippen LogP contribution in [-0.4, -0.2) is 23.1 Å². The fourth-order valence-corrected chi connectivity index (χ4v) is 2.88. The van der Waals surface area contributed by atoms with Crippen molar-refractivity contribution in [2.75, 3.05) is 18.4 Å². The lowest BCUT2D eigenvalue weighted by Gasteiger charge is -2.12. The maximum atomic E-state index is 6.07. The van der Waals surface area contributed by atoms with Crippen molar-refractivity contribution in [2.24, 2.45) is 0 Å². The quantitative estimate of drug-likeness (QED) is 0.504. The zero-order valence-electron chi connectivity index (χ0n) is 14.5. The summed E-state index contributed by atoms with van der Waals surface area (Å²) in [6.45, 7) is 3.44. The second kappa shape index (κ2) is 8.37. The molecular weight excluding hydrogens is 344 g/mol. The average Bonchev–Trinajstić information content (AvgIpc) is 2.64. The first-order chi connectivity index (χ1) is 12.7. The van der Waals surface area contributed by atoms with Gasteiger partial charge in [-0.2, -0.15) is 0 Å². The van der Waals surface area contributed by atoms with Gasteiger partial charge in [0.05, 0.1) is 5.52 Å². The van der Waals surface area contributed by atoms with E-state index < -0.39 is 0 Å². The number of para-hydroxylation sites is 1. The Hall–Kier alpha value is -3.03. The molecule has 0 spiro atoms. The molecule has 5 heteroatoms. The number of halogens is 1. The molecule has 0 radical (unpaired) electrons. The van der Waals surface area contributed by atoms with E-state index in [-0.39, 0.29) is 0 Å². The van der Waals surface area contributed by atoms with Gasteiger partial charge in [-0.3, -0.25) is 0 Å². The molecule has 0 aliphatic heterocycles. The highest BCUT2D eigenvalue weighted by molar-refractivity contribution is 6.30. The molecule has 0 bridgehead atoms. The maximum absolute atomic E-state index is 6.07. The normalized spacial score (nSPS) is 10.8. The molecule has 1 heterocycles. The Labute approximate surface area is 158 Å². The lowest BCUT2D eigenvalue weighted by molar-refractivity contribution is 0.867. The number of terminal acetylenes is 1. The van der Waals surface area contributed by atoms with Crippen molar-refractivity contribution >= 4 is 28.3 Å². The predicted molar refractivity (Wildman–Crippen MR) is 109 cm³/mol. The SMILES string of the molecule is C#C/C=C/NCCNc1nc(-c2ccc(Cl)cc2C)nc2ccccc12. The van der Waals surface area contributed by atoms with Gasteiger partial charge in [-0.25, -0.2) is 9.97 Å². The van der Waals surface area contributed by atoms with E-state index in [1.165, 1.54) is 0 Å². The monoisotopic (exact) mass is 362 g/mol. The number of aryl methyl sites for hydroxylation is 1. The zero-order chi connectivity index (χ0) is 18.4. The summed E-state index contributed by atoms with van der Waals surface area (Å²) in [5.41, 5.74) is 2.91. The molecule has 0 saturated carbocycles. The van der Waals surface area contributed by atoms with Crippen LogP contribution in [0.3, 0.4) is 0 Å². The molecule has 1 aromatic heterocycles. The number of nitrogens with one attached hydrogen (secondary N) is 2. The van der Waals surface area contributed by atoms with Crippen LogP contribution in [0.4, 0.5) is 5.82 Å². The van der Waals surface area contributed by atoms with Gasteiger partial charge in [0.2, 0.25) is 0 Å². The van der Waals surface area contributed by atoms with Gasteiger partial charge < -0.3 is 10.6 Å². The second-order valence-electron chi connectivity index (χ2n) is 5.75. The molecule has 4 nitrogen and oxygen atoms in total. The van der Waals surface area contributed by atoms with E-state index in [1.807, 2.05) is 49.4 Å². The van der Waals surface area contributed by atoms with Crippen LogP contribution in [0.5, 0.6) is 0 Å². The summed E-state index contributed by atoms with van der Waals surface area (Å²) in [7, 11) is 0. The molecule has 130 valence electrons. The van der Waals surface area contributed by atoms with E-state index in [9.17, 15) is 0 Å². The lowest BCUT2D eigenvalue weighted by atomic mass is 10.1. The van der Waals surface area contributed by atoms with Crippen molar-refractivity contribution in [3.63, 3.8) is 0 Å². The van der Waals surface area contributed by atoms with Gasteiger partial charge in [0, 0.05) is 41.3 Å². The molecule has 0 atom stereocenters. The van der Waals surface area contributed by atoms with Crippen molar-refractivity contribution in [1.82, 2.24) is 15.3 Å². The van der Waals surface area contributed by atoms with E-state index in [2.05, 4.69) is 16.6 Å². The van der Waals surface area contributed by atoms with Crippen molar-refractivity contribution in [3.8, 4) is 23.7 Å². The minimum absolute atomic E-state index is 0.681. The first-order valence-corrected chi connectivity index (χ1v) is 8.68. The van der Waals surface area contributed by atoms with Crippen LogP contribution < -0.4 is 10.6 Å². The van der Waals surface area contributed by atoms with Crippen LogP contribution >= 0.6 is 11.6 Å². The van der Waals surface area contributed by atoms with E-state index in [4.69, 9.17) is 28.0 Å². The van der Waals surface area contributed by atoms with Crippen LogP contribution in [0.15, 0.2) is 54.7 Å². The fourth-order valence-electron chi connectivity index (χ4n) is 2.65. The van der Waals surface area contributed by atoms with Gasteiger partial charge in [-0.15, -0.1) is 6.42 Å². The second-order valence-corrected chi connectivity index (χ2v) is 6.19. The molecule has 0 fully saturated rings. The Morgan fingerprint density at radius 2 is 2.00 bits per heavy atom. The Morgan fingerprint density at radius 3 is 2.81 bits per heavy atom. The maximum Gasteiger partial charge on any atom is 0.162 e. The summed E-state index contributed by atoms with van der Waals surface area (Å²) >= 11 is 6.07. The van der Waals surface area contributed by atoms with E-state index in [1.54, 1.807) is 12.3 Å². The van der Waals surface area contributed by atoms with Gasteiger partial charge >= 0.3 is 0 Å². The lowest BCUT2D eigenvalue weighted by Crippen LogP contribution is -2.18. The van der Waals surface area contributed by atoms with Crippen LogP contribution in [0.2, 0.25) is 5.02 Å². The largest absolute Gasteiger partial charge is 0.389 e. The Bertz CT molecular complexity index is 989. The molecule has 2 N–H and O–H groups in total. The molecule has 0 aliphatic carbocycles. The van der Waals surface area contributed by atoms with Gasteiger partial charge in [-0.1, -0.05) is 29.7 Å². The standard InChI is InChI=1S/C21H19ClN4/c1-3-4-11-23-12-13-24-20-18-7-5-6-8-19(18)25-21(26-20)17-10-9-16(22)14-15(17)2/h1,4-11,14,23H,12-13H2,2H3,(H,24,25,26)/b11-4+. The van der Waals surface area contributed by atoms with Gasteiger partial charge in [-0.05, 0) is 42.8 Å². The van der Waals surface area contributed by atoms with Crippen molar-refractivity contribution < 1.29 is 0 Å². The summed E-state index contributed by atoms with van der Waals surface area (Å²) in [4.78, 5) is 9.47. The number of allylic oxidation sites excluding steroid dienone is 1. The number of rotatable bonds is 6. The number of benzene rings is 2. The Balaban J connectivity index is 1.91. The zero-order valence-corrected chi connectivity index (χ0v) is 15.2. The highest BCUT2D eigenvalue weighted by Crippen LogP contribution is 2.28. The molecule has 3 aromatic rings. The molecule has 26 heavy (non-hydrogen) atoms. The van der Waals surface area contributed by atoms with Crippen LogP contribution in [0.25, 0.3) is 22.3 Å². The molecular formula is C21H19ClN4. The minimum atomic E-state index is 0.681. The smallest absolute Gasteiger partial charge is 0.162 e. The number of anilines is 1. The van der Waals surface area contributed by atoms with Crippen molar-refractivity contribution in [3.05, 3.63) is 65.3 Å². The molecule has 3 rings (SSSR count). The van der Waals surface area contributed by atoms with E-state index in [0.717, 1.165) is 34.4 Å². The van der Waals surface area contributed by atoms with Gasteiger partial charge in [0.15, 0.2) is 5.82 Å². The topological polar surface area (TPSA) is 49.8 Å². The third-order valence-electron chi connectivity index (χ3n) is 3.89. The summed E-state index contributed by atoms with van der Waals surface area (Å²) in [6, 6.07) is 13.7. The molecule has 0 saturated heterocycles. The number of hydrogen-bond donors (Lipinski definition) is 2. The van der Waals surface area contributed by atoms with Gasteiger partial charge in [0.1, 0.15) is 5.82 Å². The first-order valence-electron chi connectivity index (χ1n) is 8.31. The molecule has 0 aliphatic rings. The summed E-state index contributed by atoms with van der Waals surface area (Å²) in [5.74, 6) is 3.93. The summed E-state index contributed by atoms with van der Waals surface area (Å²) in [6.07, 6.45) is 8.55. The third-order valence-corrected chi connectivity index (χ3v) is 4.13. The number of nitrogens with zero attached hydrogens (tertiary/aromatic N) is 2. The minimum Gasteiger partial charge on any atom is -0.389 e. The fraction of sp³-hybridized carbons (Fsp3) is 0.143. The highest BCUT2D eigenvalue weighted by atomic mass is 35.5. The number of hydrogen-bond acceptors (Lipinski definition) is 4. The summed E-state index contributed by atoms with van der Waals surface area (Å²) in [5, 5.41) is 8.20.